The zero-order valence-electron chi connectivity index (χ0n) is 15.3. The first-order valence-corrected chi connectivity index (χ1v) is 9.49. The molecule has 4 heteroatoms. The van der Waals surface area contributed by atoms with E-state index in [2.05, 4.69) is 35.3 Å². The number of carbonyl (C=O) groups excluding carboxylic acids is 1. The number of carbonyl (C=O) groups is 1. The van der Waals surface area contributed by atoms with Crippen LogP contribution in [0.4, 0.5) is 4.79 Å². The van der Waals surface area contributed by atoms with E-state index in [0.29, 0.717) is 12.3 Å². The van der Waals surface area contributed by atoms with E-state index in [1.807, 2.05) is 47.4 Å². The third-order valence-corrected chi connectivity index (χ3v) is 5.33. The molecule has 0 spiro atoms. The third-order valence-electron chi connectivity index (χ3n) is 5.33. The van der Waals surface area contributed by atoms with Gasteiger partial charge in [0.2, 0.25) is 0 Å². The van der Waals surface area contributed by atoms with Crippen LogP contribution in [0.1, 0.15) is 22.9 Å². The molecule has 4 nitrogen and oxygen atoms in total. The van der Waals surface area contributed by atoms with Gasteiger partial charge in [0.25, 0.3) is 0 Å². The van der Waals surface area contributed by atoms with Gasteiger partial charge in [-0.25, -0.2) is 4.79 Å². The van der Waals surface area contributed by atoms with Gasteiger partial charge in [-0.2, -0.15) is 0 Å². The van der Waals surface area contributed by atoms with Gasteiger partial charge in [0.1, 0.15) is 11.8 Å². The van der Waals surface area contributed by atoms with Crippen molar-refractivity contribution in [3.8, 4) is 5.75 Å². The zero-order valence-corrected chi connectivity index (χ0v) is 15.3. The van der Waals surface area contributed by atoms with E-state index in [4.69, 9.17) is 4.74 Å². The maximum Gasteiger partial charge on any atom is 0.416 e. The minimum absolute atomic E-state index is 0.200. The Balaban J connectivity index is 1.58. The van der Waals surface area contributed by atoms with Crippen molar-refractivity contribution in [3.05, 3.63) is 102 Å². The molecule has 1 aliphatic heterocycles. The van der Waals surface area contributed by atoms with Gasteiger partial charge in [0.05, 0.1) is 0 Å². The lowest BCUT2D eigenvalue weighted by molar-refractivity contribution is 0.135. The lowest BCUT2D eigenvalue weighted by Gasteiger charge is -2.35. The average Bonchev–Trinajstić information content (AvgIpc) is 3.13. The number of rotatable bonds is 2. The Bertz CT molecular complexity index is 1120. The number of nitrogens with zero attached hydrogens (tertiary/aromatic N) is 1. The standard InChI is InChI=1S/C24H20N2O2/c27-24(28-18-11-5-2-6-12-18)26-16-15-20-19-13-7-8-14-21(19)25-22(20)23(26)17-9-3-1-4-10-17/h1-14,23,25H,15-16H2. The number of aromatic nitrogens is 1. The number of nitrogens with one attached hydrogen (secondary N) is 1. The molecule has 0 fully saturated rings. The smallest absolute Gasteiger partial charge is 0.410 e. The molecular formula is C24H20N2O2. The lowest BCUT2D eigenvalue weighted by Crippen LogP contribution is -2.42. The van der Waals surface area contributed by atoms with Gasteiger partial charge in [-0.3, -0.25) is 4.90 Å². The summed E-state index contributed by atoms with van der Waals surface area (Å²) in [6, 6.07) is 27.5. The second-order valence-electron chi connectivity index (χ2n) is 7.00. The number of hydrogen-bond donors (Lipinski definition) is 1. The summed E-state index contributed by atoms with van der Waals surface area (Å²) in [5.74, 6) is 0.557. The summed E-state index contributed by atoms with van der Waals surface area (Å²) in [5, 5.41) is 1.23. The van der Waals surface area contributed by atoms with E-state index in [9.17, 15) is 4.79 Å². The highest BCUT2D eigenvalue weighted by atomic mass is 16.6. The molecule has 0 saturated carbocycles. The molecule has 3 aromatic carbocycles. The van der Waals surface area contributed by atoms with Crippen LogP contribution in [-0.4, -0.2) is 22.5 Å². The van der Waals surface area contributed by atoms with Crippen LogP contribution in [0.15, 0.2) is 84.9 Å². The van der Waals surface area contributed by atoms with Crippen molar-refractivity contribution in [1.82, 2.24) is 9.88 Å². The molecule has 1 aromatic heterocycles. The largest absolute Gasteiger partial charge is 0.416 e. The van der Waals surface area contributed by atoms with Crippen molar-refractivity contribution >= 4 is 17.0 Å². The molecule has 138 valence electrons. The summed E-state index contributed by atoms with van der Waals surface area (Å²) in [4.78, 5) is 18.4. The Morgan fingerprint density at radius 3 is 2.36 bits per heavy atom. The summed E-state index contributed by atoms with van der Waals surface area (Å²) < 4.78 is 5.67. The van der Waals surface area contributed by atoms with Crippen LogP contribution < -0.4 is 4.74 Å². The van der Waals surface area contributed by atoms with Gasteiger partial charge >= 0.3 is 6.09 Å². The highest BCUT2D eigenvalue weighted by Gasteiger charge is 2.35. The molecule has 0 bridgehead atoms. The second-order valence-corrected chi connectivity index (χ2v) is 7.00. The quantitative estimate of drug-likeness (QED) is 0.521. The number of H-pyrrole nitrogens is 1. The van der Waals surface area contributed by atoms with Crippen LogP contribution >= 0.6 is 0 Å². The molecule has 2 heterocycles. The fourth-order valence-electron chi connectivity index (χ4n) is 4.07. The Labute approximate surface area is 163 Å². The first kappa shape index (κ1) is 16.6. The van der Waals surface area contributed by atoms with Gasteiger partial charge in [0.15, 0.2) is 0 Å². The van der Waals surface area contributed by atoms with Crippen LogP contribution in [0, 0.1) is 0 Å². The van der Waals surface area contributed by atoms with E-state index in [0.717, 1.165) is 23.2 Å². The van der Waals surface area contributed by atoms with Crippen LogP contribution in [0.25, 0.3) is 10.9 Å². The Kier molecular flexibility index (Phi) is 4.09. The van der Waals surface area contributed by atoms with Crippen LogP contribution in [-0.2, 0) is 6.42 Å². The van der Waals surface area contributed by atoms with Gasteiger partial charge in [-0.1, -0.05) is 66.7 Å². The average molecular weight is 368 g/mol. The first-order valence-electron chi connectivity index (χ1n) is 9.49. The second kappa shape index (κ2) is 6.89. The first-order chi connectivity index (χ1) is 13.8. The van der Waals surface area contributed by atoms with E-state index >= 15 is 0 Å². The van der Waals surface area contributed by atoms with E-state index in [1.165, 1.54) is 10.9 Å². The number of amides is 1. The fourth-order valence-corrected chi connectivity index (χ4v) is 4.07. The molecule has 0 aliphatic carbocycles. The third kappa shape index (κ3) is 2.83. The molecule has 0 saturated heterocycles. The van der Waals surface area contributed by atoms with Crippen molar-refractivity contribution in [2.75, 3.05) is 6.54 Å². The number of para-hydroxylation sites is 2. The molecule has 1 atom stereocenters. The number of hydrogen-bond acceptors (Lipinski definition) is 2. The maximum absolute atomic E-state index is 13.1. The van der Waals surface area contributed by atoms with Crippen LogP contribution in [0.2, 0.25) is 0 Å². The minimum atomic E-state index is -0.329. The summed E-state index contributed by atoms with van der Waals surface area (Å²) in [6.07, 6.45) is 0.469. The number of aromatic amines is 1. The molecule has 1 unspecified atom stereocenters. The van der Waals surface area contributed by atoms with E-state index in [1.54, 1.807) is 12.1 Å². The Morgan fingerprint density at radius 1 is 0.893 bits per heavy atom. The minimum Gasteiger partial charge on any atom is -0.410 e. The summed E-state index contributed by atoms with van der Waals surface area (Å²) >= 11 is 0. The van der Waals surface area contributed by atoms with Crippen molar-refractivity contribution < 1.29 is 9.53 Å². The van der Waals surface area contributed by atoms with E-state index < -0.39 is 0 Å². The molecule has 0 radical (unpaired) electrons. The molecule has 5 rings (SSSR count). The predicted octanol–water partition coefficient (Wildman–Crippen LogP) is 5.31. The molecule has 4 aromatic rings. The summed E-state index contributed by atoms with van der Waals surface area (Å²) in [5.41, 5.74) is 4.53. The molecule has 1 amide bonds. The summed E-state index contributed by atoms with van der Waals surface area (Å²) in [6.45, 7) is 0.611. The Morgan fingerprint density at radius 2 is 1.57 bits per heavy atom. The Hall–Kier alpha value is -3.53. The van der Waals surface area contributed by atoms with Gasteiger partial charge in [-0.15, -0.1) is 0 Å². The predicted molar refractivity (Wildman–Crippen MR) is 109 cm³/mol. The van der Waals surface area contributed by atoms with Crippen molar-refractivity contribution in [3.63, 3.8) is 0 Å². The van der Waals surface area contributed by atoms with E-state index in [-0.39, 0.29) is 12.1 Å². The van der Waals surface area contributed by atoms with Crippen molar-refractivity contribution in [2.45, 2.75) is 12.5 Å². The molecule has 1 aliphatic rings. The zero-order chi connectivity index (χ0) is 18.9. The van der Waals surface area contributed by atoms with Crippen LogP contribution in [0.3, 0.4) is 0 Å². The SMILES string of the molecule is O=C(Oc1ccccc1)N1CCc2c([nH]c3ccccc23)C1c1ccccc1. The number of fused-ring (bicyclic) bond motifs is 3. The topological polar surface area (TPSA) is 45.3 Å². The monoisotopic (exact) mass is 368 g/mol. The number of ether oxygens (including phenoxy) is 1. The van der Waals surface area contributed by atoms with Crippen molar-refractivity contribution in [2.24, 2.45) is 0 Å². The molecule has 1 N–H and O–H groups in total. The van der Waals surface area contributed by atoms with Gasteiger partial charge < -0.3 is 9.72 Å². The fraction of sp³-hybridized carbons (Fsp3) is 0.125. The maximum atomic E-state index is 13.1. The normalized spacial score (nSPS) is 16.0. The van der Waals surface area contributed by atoms with Gasteiger partial charge in [0, 0.05) is 23.1 Å². The molecular weight excluding hydrogens is 348 g/mol. The van der Waals surface area contributed by atoms with Gasteiger partial charge in [-0.05, 0) is 35.7 Å². The lowest BCUT2D eigenvalue weighted by atomic mass is 9.93. The highest BCUT2D eigenvalue weighted by molar-refractivity contribution is 5.86. The van der Waals surface area contributed by atoms with Crippen LogP contribution in [0.5, 0.6) is 5.75 Å². The number of benzene rings is 3. The van der Waals surface area contributed by atoms with Crippen molar-refractivity contribution in [1.29, 1.82) is 0 Å². The molecule has 28 heavy (non-hydrogen) atoms. The highest BCUT2D eigenvalue weighted by Crippen LogP contribution is 2.38. The summed E-state index contributed by atoms with van der Waals surface area (Å²) in [7, 11) is 0.